The molecule has 0 aliphatic carbocycles. The van der Waals surface area contributed by atoms with E-state index in [1.165, 1.54) is 6.20 Å². The lowest BCUT2D eigenvalue weighted by atomic mass is 10.1. The highest BCUT2D eigenvalue weighted by molar-refractivity contribution is 14.1. The topological polar surface area (TPSA) is 79.7 Å². The number of aromatic nitrogens is 1. The molecule has 6 heteroatoms. The van der Waals surface area contributed by atoms with Gasteiger partial charge in [0.2, 0.25) is 0 Å². The van der Waals surface area contributed by atoms with Crippen molar-refractivity contribution in [2.45, 2.75) is 20.1 Å². The fraction of sp³-hybridized carbons (Fsp3) is 0.200. The summed E-state index contributed by atoms with van der Waals surface area (Å²) in [4.78, 5) is 16.0. The smallest absolute Gasteiger partial charge is 0.339 e. The van der Waals surface area contributed by atoms with Gasteiger partial charge in [-0.15, -0.1) is 0 Å². The Balaban J connectivity index is 2.19. The van der Waals surface area contributed by atoms with Crippen LogP contribution in [0.4, 0.5) is 0 Å². The van der Waals surface area contributed by atoms with E-state index in [1.807, 2.05) is 12.1 Å². The third-order valence-corrected chi connectivity index (χ3v) is 3.98. The monoisotopic (exact) mass is 399 g/mol. The summed E-state index contributed by atoms with van der Waals surface area (Å²) in [5.41, 5.74) is 1.71. The van der Waals surface area contributed by atoms with Gasteiger partial charge in [-0.1, -0.05) is 12.1 Å². The lowest BCUT2D eigenvalue weighted by Crippen LogP contribution is -2.09. The van der Waals surface area contributed by atoms with Crippen molar-refractivity contribution in [3.8, 4) is 5.75 Å². The predicted molar refractivity (Wildman–Crippen MR) is 84.8 cm³/mol. The molecule has 1 heterocycles. The Morgan fingerprint density at radius 1 is 1.38 bits per heavy atom. The molecule has 0 saturated heterocycles. The van der Waals surface area contributed by atoms with Gasteiger partial charge in [0.15, 0.2) is 0 Å². The Morgan fingerprint density at radius 3 is 2.76 bits per heavy atom. The number of carbonyl (C=O) groups excluding carboxylic acids is 1. The molecule has 0 bridgehead atoms. The summed E-state index contributed by atoms with van der Waals surface area (Å²) in [5, 5.41) is 19.2. The molecule has 0 amide bonds. The van der Waals surface area contributed by atoms with Crippen LogP contribution in [0.1, 0.15) is 27.2 Å². The molecule has 2 rings (SSSR count). The maximum Gasteiger partial charge on any atom is 0.339 e. The van der Waals surface area contributed by atoms with Crippen LogP contribution in [0, 0.1) is 10.5 Å². The minimum atomic E-state index is -0.474. The van der Waals surface area contributed by atoms with Crippen LogP contribution in [0.2, 0.25) is 0 Å². The predicted octanol–water partition coefficient (Wildman–Crippen LogP) is 2.55. The van der Waals surface area contributed by atoms with E-state index in [2.05, 4.69) is 27.6 Å². The third-order valence-electron chi connectivity index (χ3n) is 3.04. The number of aliphatic hydroxyl groups excluding tert-OH is 1. The Hall–Kier alpha value is -1.67. The molecule has 1 aromatic carbocycles. The third kappa shape index (κ3) is 3.51. The van der Waals surface area contributed by atoms with E-state index in [0.717, 1.165) is 3.57 Å². The number of benzene rings is 1. The second-order valence-corrected chi connectivity index (χ2v) is 5.57. The number of aryl methyl sites for hydroxylation is 1. The normalized spacial score (nSPS) is 10.4. The highest BCUT2D eigenvalue weighted by atomic mass is 127. The first-order valence-corrected chi connectivity index (χ1v) is 7.31. The first kappa shape index (κ1) is 15.7. The first-order chi connectivity index (χ1) is 10.0. The number of ether oxygens (including phenoxy) is 1. The first-order valence-electron chi connectivity index (χ1n) is 6.23. The molecule has 0 fully saturated rings. The van der Waals surface area contributed by atoms with Crippen molar-refractivity contribution < 1.29 is 19.7 Å². The summed E-state index contributed by atoms with van der Waals surface area (Å²) < 4.78 is 6.02. The summed E-state index contributed by atoms with van der Waals surface area (Å²) in [7, 11) is 0. The van der Waals surface area contributed by atoms with E-state index in [9.17, 15) is 15.0 Å². The zero-order valence-electron chi connectivity index (χ0n) is 11.3. The number of nitrogens with zero attached hydrogens (tertiary/aromatic N) is 1. The quantitative estimate of drug-likeness (QED) is 0.611. The van der Waals surface area contributed by atoms with Crippen molar-refractivity contribution in [3.05, 3.63) is 56.4 Å². The number of aromatic hydroxyl groups is 1. The van der Waals surface area contributed by atoms with Crippen molar-refractivity contribution in [2.75, 3.05) is 0 Å². The second kappa shape index (κ2) is 6.86. The molecule has 0 atom stereocenters. The number of rotatable bonds is 4. The van der Waals surface area contributed by atoms with Crippen LogP contribution in [0.5, 0.6) is 5.75 Å². The van der Waals surface area contributed by atoms with Gasteiger partial charge >= 0.3 is 5.97 Å². The van der Waals surface area contributed by atoms with Crippen molar-refractivity contribution in [2.24, 2.45) is 0 Å². The zero-order chi connectivity index (χ0) is 15.4. The van der Waals surface area contributed by atoms with Gasteiger partial charge in [0.05, 0.1) is 17.9 Å². The molecular weight excluding hydrogens is 385 g/mol. The molecule has 0 aliphatic heterocycles. The van der Waals surface area contributed by atoms with Gasteiger partial charge < -0.3 is 14.9 Å². The van der Waals surface area contributed by atoms with Crippen molar-refractivity contribution in [3.63, 3.8) is 0 Å². The molecule has 0 saturated carbocycles. The summed E-state index contributed by atoms with van der Waals surface area (Å²) in [5.74, 6) is -0.533. The Kier molecular flexibility index (Phi) is 5.13. The van der Waals surface area contributed by atoms with E-state index in [0.29, 0.717) is 22.4 Å². The minimum Gasteiger partial charge on any atom is -0.506 e. The standard InChI is InChI=1S/C15H14INO4/c1-9-14(19)12(10(7-18)6-17-9)8-21-15(20)11-4-2-3-5-13(11)16/h2-6,18-19H,7-8H2,1H3. The van der Waals surface area contributed by atoms with E-state index in [4.69, 9.17) is 4.74 Å². The number of esters is 1. The molecule has 2 aromatic rings. The fourth-order valence-corrected chi connectivity index (χ4v) is 2.43. The summed E-state index contributed by atoms with van der Waals surface area (Å²) in [6.45, 7) is 1.24. The average Bonchev–Trinajstić information content (AvgIpc) is 2.49. The number of pyridine rings is 1. The molecule has 110 valence electrons. The number of hydrogen-bond acceptors (Lipinski definition) is 5. The van der Waals surface area contributed by atoms with Gasteiger partial charge in [-0.25, -0.2) is 4.79 Å². The highest BCUT2D eigenvalue weighted by Crippen LogP contribution is 2.25. The van der Waals surface area contributed by atoms with Crippen LogP contribution in [0.15, 0.2) is 30.5 Å². The number of halogens is 1. The molecule has 0 spiro atoms. The SMILES string of the molecule is Cc1ncc(CO)c(COC(=O)c2ccccc2I)c1O. The Labute approximate surface area is 135 Å². The molecule has 2 N–H and O–H groups in total. The van der Waals surface area contributed by atoms with Gasteiger partial charge in [-0.3, -0.25) is 4.98 Å². The van der Waals surface area contributed by atoms with Crippen LogP contribution in [0.25, 0.3) is 0 Å². The van der Waals surface area contributed by atoms with Crippen molar-refractivity contribution in [1.29, 1.82) is 0 Å². The molecular formula is C15H14INO4. The molecule has 0 unspecified atom stereocenters. The van der Waals surface area contributed by atoms with Gasteiger partial charge in [-0.05, 0) is 41.6 Å². The number of hydrogen-bond donors (Lipinski definition) is 2. The molecule has 0 aliphatic rings. The van der Waals surface area contributed by atoms with Crippen LogP contribution < -0.4 is 0 Å². The van der Waals surface area contributed by atoms with E-state index < -0.39 is 5.97 Å². The maximum atomic E-state index is 12.0. The minimum absolute atomic E-state index is 0.0582. The van der Waals surface area contributed by atoms with E-state index in [-0.39, 0.29) is 19.0 Å². The Bertz CT molecular complexity index is 673. The van der Waals surface area contributed by atoms with Crippen LogP contribution in [-0.4, -0.2) is 21.2 Å². The molecule has 1 aromatic heterocycles. The lowest BCUT2D eigenvalue weighted by molar-refractivity contribution is 0.0466. The van der Waals surface area contributed by atoms with Gasteiger partial charge in [0, 0.05) is 20.9 Å². The largest absolute Gasteiger partial charge is 0.506 e. The number of carbonyl (C=O) groups is 1. The maximum absolute atomic E-state index is 12.0. The second-order valence-electron chi connectivity index (χ2n) is 4.41. The van der Waals surface area contributed by atoms with Crippen LogP contribution >= 0.6 is 22.6 Å². The van der Waals surface area contributed by atoms with Crippen LogP contribution in [-0.2, 0) is 18.0 Å². The van der Waals surface area contributed by atoms with Crippen molar-refractivity contribution >= 4 is 28.6 Å². The summed E-state index contributed by atoms with van der Waals surface area (Å²) in [6.07, 6.45) is 1.46. The van der Waals surface area contributed by atoms with Crippen molar-refractivity contribution in [1.82, 2.24) is 4.98 Å². The lowest BCUT2D eigenvalue weighted by Gasteiger charge is -2.12. The Morgan fingerprint density at radius 2 is 2.10 bits per heavy atom. The molecule has 21 heavy (non-hydrogen) atoms. The van der Waals surface area contributed by atoms with Gasteiger partial charge in [0.1, 0.15) is 12.4 Å². The van der Waals surface area contributed by atoms with E-state index >= 15 is 0 Å². The zero-order valence-corrected chi connectivity index (χ0v) is 13.5. The summed E-state index contributed by atoms with van der Waals surface area (Å²) in [6, 6.07) is 7.07. The van der Waals surface area contributed by atoms with Gasteiger partial charge in [-0.2, -0.15) is 0 Å². The van der Waals surface area contributed by atoms with Gasteiger partial charge in [0.25, 0.3) is 0 Å². The molecule has 0 radical (unpaired) electrons. The average molecular weight is 399 g/mol. The van der Waals surface area contributed by atoms with Crippen LogP contribution in [0.3, 0.4) is 0 Å². The summed E-state index contributed by atoms with van der Waals surface area (Å²) >= 11 is 2.06. The highest BCUT2D eigenvalue weighted by Gasteiger charge is 2.15. The molecule has 5 nitrogen and oxygen atoms in total. The fourth-order valence-electron chi connectivity index (χ4n) is 1.82. The van der Waals surface area contributed by atoms with E-state index in [1.54, 1.807) is 19.1 Å². The number of aliphatic hydroxyl groups is 1.